The highest BCUT2D eigenvalue weighted by molar-refractivity contribution is 5.94. The van der Waals surface area contributed by atoms with Gasteiger partial charge in [-0.25, -0.2) is 4.98 Å². The molecule has 2 aromatic rings. The van der Waals surface area contributed by atoms with Gasteiger partial charge in [0.15, 0.2) is 0 Å². The molecule has 0 saturated carbocycles. The second-order valence-corrected chi connectivity index (χ2v) is 5.63. The maximum atomic E-state index is 12.1. The third-order valence-corrected chi connectivity index (χ3v) is 3.90. The highest BCUT2D eigenvalue weighted by atomic mass is 16.2. The number of hydrogen-bond acceptors (Lipinski definition) is 3. The summed E-state index contributed by atoms with van der Waals surface area (Å²) in [6.45, 7) is 0.752. The van der Waals surface area contributed by atoms with Gasteiger partial charge in [0.05, 0.1) is 17.6 Å². The van der Waals surface area contributed by atoms with Gasteiger partial charge >= 0.3 is 0 Å². The fraction of sp³-hybridized carbons (Fsp3) is 0.438. The normalized spacial score (nSPS) is 16.4. The third kappa shape index (κ3) is 3.44. The topological polar surface area (TPSA) is 78.1 Å². The molecule has 6 heteroatoms. The fourth-order valence-corrected chi connectivity index (χ4v) is 2.74. The van der Waals surface area contributed by atoms with Crippen molar-refractivity contribution >= 4 is 28.8 Å². The Hall–Kier alpha value is -2.37. The molecule has 1 aromatic heterocycles. The summed E-state index contributed by atoms with van der Waals surface area (Å²) < 4.78 is 0. The molecule has 1 saturated heterocycles. The number of fused-ring (bicyclic) bond motifs is 1. The van der Waals surface area contributed by atoms with Gasteiger partial charge in [-0.2, -0.15) is 0 Å². The van der Waals surface area contributed by atoms with Crippen molar-refractivity contribution in [2.24, 2.45) is 0 Å². The quantitative estimate of drug-likeness (QED) is 0.913. The van der Waals surface area contributed by atoms with Crippen LogP contribution in [-0.4, -0.2) is 39.8 Å². The van der Waals surface area contributed by atoms with E-state index < -0.39 is 0 Å². The van der Waals surface area contributed by atoms with Crippen molar-refractivity contribution in [3.8, 4) is 0 Å². The lowest BCUT2D eigenvalue weighted by Crippen LogP contribution is -2.39. The molecule has 0 aliphatic carbocycles. The third-order valence-electron chi connectivity index (χ3n) is 3.90. The average molecular weight is 300 g/mol. The molecule has 0 spiro atoms. The van der Waals surface area contributed by atoms with E-state index >= 15 is 0 Å². The molecule has 116 valence electrons. The summed E-state index contributed by atoms with van der Waals surface area (Å²) in [6, 6.07) is 7.59. The van der Waals surface area contributed by atoms with E-state index in [4.69, 9.17) is 0 Å². The van der Waals surface area contributed by atoms with Crippen LogP contribution in [0, 0.1) is 0 Å². The molecule has 2 heterocycles. The minimum atomic E-state index is -0.215. The van der Waals surface area contributed by atoms with Crippen molar-refractivity contribution in [2.75, 3.05) is 18.4 Å². The van der Waals surface area contributed by atoms with Gasteiger partial charge < -0.3 is 9.88 Å². The first-order chi connectivity index (χ1) is 10.7. The molecule has 0 unspecified atom stereocenters. The zero-order chi connectivity index (χ0) is 15.4. The van der Waals surface area contributed by atoms with Gasteiger partial charge in [-0.1, -0.05) is 25.0 Å². The number of rotatable bonds is 3. The largest absolute Gasteiger partial charge is 0.333 e. The maximum absolute atomic E-state index is 12.1. The van der Waals surface area contributed by atoms with E-state index in [1.54, 1.807) is 4.90 Å². The summed E-state index contributed by atoms with van der Waals surface area (Å²) in [5, 5.41) is 2.74. The van der Waals surface area contributed by atoms with Crippen LogP contribution in [0.3, 0.4) is 0 Å². The van der Waals surface area contributed by atoms with Crippen LogP contribution in [0.25, 0.3) is 11.0 Å². The Morgan fingerprint density at radius 1 is 1.23 bits per heavy atom. The SMILES string of the molecule is O=C(CN1CCCCCCC1=O)Nc1nc2ccccc2[nH]1. The van der Waals surface area contributed by atoms with Crippen LogP contribution in [0.4, 0.5) is 5.95 Å². The Morgan fingerprint density at radius 2 is 2.05 bits per heavy atom. The van der Waals surface area contributed by atoms with E-state index in [0.717, 1.165) is 36.7 Å². The van der Waals surface area contributed by atoms with E-state index in [1.807, 2.05) is 24.3 Å². The lowest BCUT2D eigenvalue weighted by atomic mass is 10.1. The Morgan fingerprint density at radius 3 is 2.91 bits per heavy atom. The van der Waals surface area contributed by atoms with E-state index in [0.29, 0.717) is 18.9 Å². The fourth-order valence-electron chi connectivity index (χ4n) is 2.74. The van der Waals surface area contributed by atoms with Crippen molar-refractivity contribution in [3.63, 3.8) is 0 Å². The van der Waals surface area contributed by atoms with Crippen LogP contribution < -0.4 is 5.32 Å². The Balaban J connectivity index is 1.62. The van der Waals surface area contributed by atoms with Gasteiger partial charge in [0.1, 0.15) is 0 Å². The second-order valence-electron chi connectivity index (χ2n) is 5.63. The number of nitrogens with zero attached hydrogens (tertiary/aromatic N) is 2. The van der Waals surface area contributed by atoms with Gasteiger partial charge in [-0.3, -0.25) is 14.9 Å². The van der Waals surface area contributed by atoms with Crippen molar-refractivity contribution < 1.29 is 9.59 Å². The van der Waals surface area contributed by atoms with E-state index in [-0.39, 0.29) is 18.4 Å². The van der Waals surface area contributed by atoms with Crippen molar-refractivity contribution in [1.29, 1.82) is 0 Å². The van der Waals surface area contributed by atoms with E-state index in [2.05, 4.69) is 15.3 Å². The number of imidazole rings is 1. The van der Waals surface area contributed by atoms with Crippen LogP contribution in [0.5, 0.6) is 0 Å². The van der Waals surface area contributed by atoms with Gasteiger partial charge in [-0.05, 0) is 25.0 Å². The molecule has 0 radical (unpaired) electrons. The summed E-state index contributed by atoms with van der Waals surface area (Å²) in [5.74, 6) is 0.276. The van der Waals surface area contributed by atoms with Crippen LogP contribution >= 0.6 is 0 Å². The Kier molecular flexibility index (Phi) is 4.37. The summed E-state index contributed by atoms with van der Waals surface area (Å²) in [6.07, 6.45) is 4.64. The first kappa shape index (κ1) is 14.6. The second kappa shape index (κ2) is 6.60. The first-order valence-corrected chi connectivity index (χ1v) is 7.75. The predicted octanol–water partition coefficient (Wildman–Crippen LogP) is 2.29. The zero-order valence-corrected chi connectivity index (χ0v) is 12.5. The molecule has 22 heavy (non-hydrogen) atoms. The molecule has 0 bridgehead atoms. The standard InChI is InChI=1S/C16H20N4O2/c21-14(11-20-10-6-2-1-3-9-15(20)22)19-16-17-12-7-4-5-8-13(12)18-16/h4-5,7-8H,1-3,6,9-11H2,(H2,17,18,19,21). The molecule has 1 fully saturated rings. The molecule has 1 aliphatic rings. The minimum Gasteiger partial charge on any atom is -0.333 e. The number of para-hydroxylation sites is 2. The van der Waals surface area contributed by atoms with Gasteiger partial charge in [0.2, 0.25) is 17.8 Å². The van der Waals surface area contributed by atoms with E-state index in [9.17, 15) is 9.59 Å². The molecular weight excluding hydrogens is 280 g/mol. The average Bonchev–Trinajstić information content (AvgIpc) is 2.89. The summed E-state index contributed by atoms with van der Waals surface area (Å²) in [4.78, 5) is 33.2. The van der Waals surface area contributed by atoms with E-state index in [1.165, 1.54) is 0 Å². The molecule has 1 aliphatic heterocycles. The number of carbonyl (C=O) groups excluding carboxylic acids is 2. The van der Waals surface area contributed by atoms with Crippen LogP contribution in [0.1, 0.15) is 32.1 Å². The number of carbonyl (C=O) groups is 2. The van der Waals surface area contributed by atoms with Crippen LogP contribution in [0.2, 0.25) is 0 Å². The molecule has 0 atom stereocenters. The molecule has 2 N–H and O–H groups in total. The van der Waals surface area contributed by atoms with Crippen molar-refractivity contribution in [3.05, 3.63) is 24.3 Å². The summed E-state index contributed by atoms with van der Waals surface area (Å²) in [7, 11) is 0. The first-order valence-electron chi connectivity index (χ1n) is 7.75. The molecule has 1 aromatic carbocycles. The molecule has 2 amide bonds. The number of anilines is 1. The molecular formula is C16H20N4O2. The monoisotopic (exact) mass is 300 g/mol. The van der Waals surface area contributed by atoms with Gasteiger partial charge in [0.25, 0.3) is 0 Å². The maximum Gasteiger partial charge on any atom is 0.246 e. The van der Waals surface area contributed by atoms with Gasteiger partial charge in [-0.15, -0.1) is 0 Å². The summed E-state index contributed by atoms with van der Waals surface area (Å²) in [5.41, 5.74) is 1.68. The number of nitrogens with one attached hydrogen (secondary N) is 2. The highest BCUT2D eigenvalue weighted by Gasteiger charge is 2.18. The van der Waals surface area contributed by atoms with Crippen LogP contribution in [0.15, 0.2) is 24.3 Å². The van der Waals surface area contributed by atoms with Gasteiger partial charge in [0, 0.05) is 13.0 Å². The molecule has 3 rings (SSSR count). The number of aromatic amines is 1. The number of likely N-dealkylation sites (tertiary alicyclic amines) is 1. The minimum absolute atomic E-state index is 0.0689. The number of H-pyrrole nitrogens is 1. The van der Waals surface area contributed by atoms with Crippen molar-refractivity contribution in [2.45, 2.75) is 32.1 Å². The zero-order valence-electron chi connectivity index (χ0n) is 12.5. The molecule has 6 nitrogen and oxygen atoms in total. The lowest BCUT2D eigenvalue weighted by Gasteiger charge is -2.23. The van der Waals surface area contributed by atoms with Crippen LogP contribution in [-0.2, 0) is 9.59 Å². The number of hydrogen-bond donors (Lipinski definition) is 2. The smallest absolute Gasteiger partial charge is 0.246 e. The van der Waals surface area contributed by atoms with Crippen molar-refractivity contribution in [1.82, 2.24) is 14.9 Å². The predicted molar refractivity (Wildman–Crippen MR) is 84.4 cm³/mol. The lowest BCUT2D eigenvalue weighted by molar-refractivity contribution is -0.135. The Bertz CT molecular complexity index is 647. The Labute approximate surface area is 128 Å². The number of aromatic nitrogens is 2. The number of amides is 2. The number of benzene rings is 1. The summed E-state index contributed by atoms with van der Waals surface area (Å²) >= 11 is 0. The highest BCUT2D eigenvalue weighted by Crippen LogP contribution is 2.14.